The Morgan fingerprint density at radius 3 is 2.63 bits per heavy atom. The van der Waals surface area contributed by atoms with Crippen molar-refractivity contribution in [3.63, 3.8) is 0 Å². The van der Waals surface area contributed by atoms with Crippen LogP contribution >= 0.6 is 0 Å². The Labute approximate surface area is 115 Å². The van der Waals surface area contributed by atoms with Crippen LogP contribution in [0, 0.1) is 0 Å². The number of hydrogen-bond donors (Lipinski definition) is 0. The fourth-order valence-corrected chi connectivity index (χ4v) is 2.21. The van der Waals surface area contributed by atoms with Crippen LogP contribution in [0.5, 0.6) is 0 Å². The quantitative estimate of drug-likeness (QED) is 0.803. The molecule has 4 heteroatoms. The van der Waals surface area contributed by atoms with Gasteiger partial charge in [0.15, 0.2) is 0 Å². The molecule has 0 saturated carbocycles. The van der Waals surface area contributed by atoms with E-state index in [1.165, 1.54) is 5.56 Å². The number of benzene rings is 1. The van der Waals surface area contributed by atoms with Crippen molar-refractivity contribution in [3.8, 4) is 0 Å². The highest BCUT2D eigenvalue weighted by molar-refractivity contribution is 5.76. The molecule has 0 aliphatic carbocycles. The highest BCUT2D eigenvalue weighted by Crippen LogP contribution is 2.05. The Balaban J connectivity index is 1.73. The summed E-state index contributed by atoms with van der Waals surface area (Å²) in [5.74, 6) is 0.204. The standard InChI is InChI=1S/C15H22N2O2/c1-16(13-14-5-3-2-4-6-14)15(18)7-8-17-9-11-19-12-10-17/h2-6H,7-13H2,1H3. The largest absolute Gasteiger partial charge is 0.379 e. The first-order valence-electron chi connectivity index (χ1n) is 6.83. The molecule has 1 aliphatic heterocycles. The molecule has 2 rings (SSSR count). The molecule has 1 aromatic rings. The lowest BCUT2D eigenvalue weighted by atomic mass is 10.2. The zero-order valence-electron chi connectivity index (χ0n) is 11.5. The van der Waals surface area contributed by atoms with Crippen LogP contribution in [0.2, 0.25) is 0 Å². The number of carbonyl (C=O) groups excluding carboxylic acids is 1. The Bertz CT molecular complexity index is 388. The fourth-order valence-electron chi connectivity index (χ4n) is 2.21. The SMILES string of the molecule is CN(Cc1ccccc1)C(=O)CCN1CCOCC1. The molecule has 0 atom stereocenters. The van der Waals surface area contributed by atoms with E-state index in [-0.39, 0.29) is 5.91 Å². The lowest BCUT2D eigenvalue weighted by molar-refractivity contribution is -0.131. The van der Waals surface area contributed by atoms with Crippen LogP contribution < -0.4 is 0 Å². The van der Waals surface area contributed by atoms with Crippen molar-refractivity contribution >= 4 is 5.91 Å². The van der Waals surface area contributed by atoms with E-state index in [2.05, 4.69) is 4.90 Å². The summed E-state index contributed by atoms with van der Waals surface area (Å²) in [6, 6.07) is 10.1. The van der Waals surface area contributed by atoms with Crippen LogP contribution in [-0.2, 0) is 16.1 Å². The van der Waals surface area contributed by atoms with E-state index in [4.69, 9.17) is 4.74 Å². The second kappa shape index (κ2) is 7.26. The van der Waals surface area contributed by atoms with Gasteiger partial charge in [0, 0.05) is 39.6 Å². The second-order valence-electron chi connectivity index (χ2n) is 4.94. The zero-order chi connectivity index (χ0) is 13.5. The van der Waals surface area contributed by atoms with Crippen molar-refractivity contribution in [2.75, 3.05) is 39.9 Å². The third-order valence-electron chi connectivity index (χ3n) is 3.43. The van der Waals surface area contributed by atoms with E-state index in [0.29, 0.717) is 13.0 Å². The number of carbonyl (C=O) groups is 1. The molecule has 4 nitrogen and oxygen atoms in total. The molecule has 0 radical (unpaired) electrons. The maximum absolute atomic E-state index is 12.1. The maximum atomic E-state index is 12.1. The van der Waals surface area contributed by atoms with E-state index in [1.54, 1.807) is 4.90 Å². The molecule has 104 valence electrons. The highest BCUT2D eigenvalue weighted by atomic mass is 16.5. The Morgan fingerprint density at radius 2 is 1.95 bits per heavy atom. The smallest absolute Gasteiger partial charge is 0.223 e. The monoisotopic (exact) mass is 262 g/mol. The van der Waals surface area contributed by atoms with E-state index in [1.807, 2.05) is 37.4 Å². The summed E-state index contributed by atoms with van der Waals surface area (Å²) in [6.45, 7) is 4.97. The van der Waals surface area contributed by atoms with Crippen molar-refractivity contribution in [2.24, 2.45) is 0 Å². The Kier molecular flexibility index (Phi) is 5.36. The Morgan fingerprint density at radius 1 is 1.26 bits per heavy atom. The molecule has 0 N–H and O–H groups in total. The normalized spacial score (nSPS) is 16.3. The summed E-state index contributed by atoms with van der Waals surface area (Å²) in [7, 11) is 1.87. The van der Waals surface area contributed by atoms with Crippen molar-refractivity contribution in [2.45, 2.75) is 13.0 Å². The number of morpholine rings is 1. The summed E-state index contributed by atoms with van der Waals surface area (Å²) in [5.41, 5.74) is 1.17. The van der Waals surface area contributed by atoms with Crippen molar-refractivity contribution in [3.05, 3.63) is 35.9 Å². The fraction of sp³-hybridized carbons (Fsp3) is 0.533. The average molecular weight is 262 g/mol. The maximum Gasteiger partial charge on any atom is 0.223 e. The van der Waals surface area contributed by atoms with Crippen molar-refractivity contribution in [1.29, 1.82) is 0 Å². The number of nitrogens with zero attached hydrogens (tertiary/aromatic N) is 2. The molecule has 1 aromatic carbocycles. The van der Waals surface area contributed by atoms with Gasteiger partial charge in [0.1, 0.15) is 0 Å². The van der Waals surface area contributed by atoms with Crippen molar-refractivity contribution in [1.82, 2.24) is 9.80 Å². The van der Waals surface area contributed by atoms with E-state index in [9.17, 15) is 4.79 Å². The summed E-state index contributed by atoms with van der Waals surface area (Å²) in [6.07, 6.45) is 0.587. The molecule has 0 aromatic heterocycles. The molecule has 1 saturated heterocycles. The van der Waals surface area contributed by atoms with Crippen LogP contribution in [0.4, 0.5) is 0 Å². The molecule has 1 heterocycles. The summed E-state index contributed by atoms with van der Waals surface area (Å²) in [4.78, 5) is 16.1. The predicted octanol–water partition coefficient (Wildman–Crippen LogP) is 1.37. The number of ether oxygens (including phenoxy) is 1. The third kappa shape index (κ3) is 4.65. The third-order valence-corrected chi connectivity index (χ3v) is 3.43. The Hall–Kier alpha value is -1.39. The van der Waals surface area contributed by atoms with E-state index < -0.39 is 0 Å². The molecule has 1 fully saturated rings. The molecule has 0 bridgehead atoms. The van der Waals surface area contributed by atoms with Gasteiger partial charge in [-0.2, -0.15) is 0 Å². The summed E-state index contributed by atoms with van der Waals surface area (Å²) >= 11 is 0. The molecule has 1 aliphatic rings. The van der Waals surface area contributed by atoms with E-state index in [0.717, 1.165) is 32.8 Å². The minimum Gasteiger partial charge on any atom is -0.379 e. The van der Waals surface area contributed by atoms with Gasteiger partial charge in [-0.25, -0.2) is 0 Å². The first kappa shape index (κ1) is 14.0. The summed E-state index contributed by atoms with van der Waals surface area (Å²) in [5, 5.41) is 0. The molecule has 0 spiro atoms. The number of rotatable bonds is 5. The molecule has 1 amide bonds. The van der Waals surface area contributed by atoms with Crippen LogP contribution in [0.1, 0.15) is 12.0 Å². The van der Waals surface area contributed by atoms with Gasteiger partial charge in [0.2, 0.25) is 5.91 Å². The summed E-state index contributed by atoms with van der Waals surface area (Å²) < 4.78 is 5.30. The number of hydrogen-bond acceptors (Lipinski definition) is 3. The van der Waals surface area contributed by atoms with Gasteiger partial charge < -0.3 is 9.64 Å². The van der Waals surface area contributed by atoms with Gasteiger partial charge in [-0.05, 0) is 5.56 Å². The predicted molar refractivity (Wildman–Crippen MR) is 74.8 cm³/mol. The highest BCUT2D eigenvalue weighted by Gasteiger charge is 2.14. The molecular formula is C15H22N2O2. The minimum absolute atomic E-state index is 0.204. The van der Waals surface area contributed by atoms with Gasteiger partial charge >= 0.3 is 0 Å². The zero-order valence-corrected chi connectivity index (χ0v) is 11.5. The van der Waals surface area contributed by atoms with Crippen LogP contribution in [0.15, 0.2) is 30.3 Å². The van der Waals surface area contributed by atoms with Gasteiger partial charge in [0.25, 0.3) is 0 Å². The topological polar surface area (TPSA) is 32.8 Å². The van der Waals surface area contributed by atoms with Crippen LogP contribution in [0.3, 0.4) is 0 Å². The van der Waals surface area contributed by atoms with Gasteiger partial charge in [-0.15, -0.1) is 0 Å². The van der Waals surface area contributed by atoms with Crippen LogP contribution in [0.25, 0.3) is 0 Å². The average Bonchev–Trinajstić information content (AvgIpc) is 2.47. The molecular weight excluding hydrogens is 240 g/mol. The van der Waals surface area contributed by atoms with Gasteiger partial charge in [-0.1, -0.05) is 30.3 Å². The van der Waals surface area contributed by atoms with E-state index >= 15 is 0 Å². The second-order valence-corrected chi connectivity index (χ2v) is 4.94. The molecule has 0 unspecified atom stereocenters. The number of amides is 1. The minimum atomic E-state index is 0.204. The molecule has 19 heavy (non-hydrogen) atoms. The lowest BCUT2D eigenvalue weighted by Crippen LogP contribution is -2.39. The van der Waals surface area contributed by atoms with Gasteiger partial charge in [-0.3, -0.25) is 9.69 Å². The van der Waals surface area contributed by atoms with Gasteiger partial charge in [0.05, 0.1) is 13.2 Å². The first-order chi connectivity index (χ1) is 9.25. The van der Waals surface area contributed by atoms with Crippen LogP contribution in [-0.4, -0.2) is 55.6 Å². The lowest BCUT2D eigenvalue weighted by Gasteiger charge is -2.27. The first-order valence-corrected chi connectivity index (χ1v) is 6.83. The van der Waals surface area contributed by atoms with Crippen molar-refractivity contribution < 1.29 is 9.53 Å².